The van der Waals surface area contributed by atoms with Crippen LogP contribution in [0.5, 0.6) is 17.2 Å². The van der Waals surface area contributed by atoms with Crippen LogP contribution in [0.4, 0.5) is 4.39 Å². The van der Waals surface area contributed by atoms with Gasteiger partial charge in [-0.05, 0) is 43.2 Å². The van der Waals surface area contributed by atoms with E-state index in [1.165, 1.54) is 38.5 Å². The minimum absolute atomic E-state index is 0.0405. The molecule has 0 saturated carbocycles. The van der Waals surface area contributed by atoms with Gasteiger partial charge in [-0.1, -0.05) is 6.07 Å². The summed E-state index contributed by atoms with van der Waals surface area (Å²) in [7, 11) is -0.992. The first-order valence-electron chi connectivity index (χ1n) is 8.64. The van der Waals surface area contributed by atoms with Crippen molar-refractivity contribution >= 4 is 10.0 Å². The largest absolute Gasteiger partial charge is 0.495 e. The fourth-order valence-corrected chi connectivity index (χ4v) is 3.47. The van der Waals surface area contributed by atoms with Gasteiger partial charge in [0.05, 0.1) is 14.2 Å². The van der Waals surface area contributed by atoms with Gasteiger partial charge in [-0.3, -0.25) is 0 Å². The molecular weight excluding hydrogens is 387 g/mol. The number of benzene rings is 2. The highest BCUT2D eigenvalue weighted by atomic mass is 32.2. The van der Waals surface area contributed by atoms with Crippen molar-refractivity contribution in [2.45, 2.75) is 24.3 Å². The van der Waals surface area contributed by atoms with Crippen molar-refractivity contribution in [3.05, 3.63) is 47.8 Å². The van der Waals surface area contributed by atoms with Gasteiger partial charge in [0.25, 0.3) is 0 Å². The van der Waals surface area contributed by atoms with Crippen LogP contribution in [0.15, 0.2) is 41.3 Å². The Bertz CT molecular complexity index is 905. The van der Waals surface area contributed by atoms with Crippen LogP contribution in [0.3, 0.4) is 0 Å². The zero-order valence-corrected chi connectivity index (χ0v) is 16.9. The van der Waals surface area contributed by atoms with E-state index in [4.69, 9.17) is 19.3 Å². The van der Waals surface area contributed by atoms with E-state index in [9.17, 15) is 12.8 Å². The van der Waals surface area contributed by atoms with E-state index in [0.29, 0.717) is 31.1 Å². The third kappa shape index (κ3) is 6.08. The van der Waals surface area contributed by atoms with E-state index in [-0.39, 0.29) is 16.7 Å². The molecule has 1 atom stereocenters. The normalized spacial score (nSPS) is 12.5. The molecule has 2 aromatic carbocycles. The Kier molecular flexibility index (Phi) is 7.61. The highest BCUT2D eigenvalue weighted by Crippen LogP contribution is 2.27. The van der Waals surface area contributed by atoms with Crippen molar-refractivity contribution in [2.24, 2.45) is 5.14 Å². The fraction of sp³-hybridized carbons (Fsp3) is 0.368. The van der Waals surface area contributed by atoms with Crippen LogP contribution in [0.2, 0.25) is 0 Å². The fourth-order valence-electron chi connectivity index (χ4n) is 2.73. The molecule has 0 heterocycles. The number of hydrogen-bond acceptors (Lipinski definition) is 6. The molecule has 28 heavy (non-hydrogen) atoms. The molecule has 0 unspecified atom stereocenters. The summed E-state index contributed by atoms with van der Waals surface area (Å²) in [4.78, 5) is -0.0405. The lowest BCUT2D eigenvalue weighted by Gasteiger charge is -2.16. The standard InChI is InChI=1S/C19H25FN2O5S/c1-13(10-14-4-6-17(26-3)19(11-14)28(21,23)24)22-8-9-27-18-12-15(20)5-7-16(18)25-2/h4-7,11-13,22H,8-10H2,1-3H3,(H2,21,23,24)/t13-/m0/s1. The lowest BCUT2D eigenvalue weighted by molar-refractivity contribution is 0.285. The molecule has 2 aromatic rings. The van der Waals surface area contributed by atoms with Gasteiger partial charge in [-0.2, -0.15) is 0 Å². The summed E-state index contributed by atoms with van der Waals surface area (Å²) in [5.74, 6) is 0.611. The topological polar surface area (TPSA) is 99.9 Å². The maximum Gasteiger partial charge on any atom is 0.241 e. The van der Waals surface area contributed by atoms with Crippen LogP contribution in [-0.2, 0) is 16.4 Å². The molecule has 0 aliphatic heterocycles. The number of ether oxygens (including phenoxy) is 3. The van der Waals surface area contributed by atoms with Gasteiger partial charge < -0.3 is 19.5 Å². The number of nitrogens with one attached hydrogen (secondary N) is 1. The molecule has 0 aromatic heterocycles. The van der Waals surface area contributed by atoms with Gasteiger partial charge in [0.1, 0.15) is 23.1 Å². The predicted molar refractivity (Wildman–Crippen MR) is 104 cm³/mol. The van der Waals surface area contributed by atoms with E-state index in [2.05, 4.69) is 5.32 Å². The third-order valence-corrected chi connectivity index (χ3v) is 4.99. The SMILES string of the molecule is COc1ccc(F)cc1OCCN[C@@H](C)Cc1ccc(OC)c(S(N)(=O)=O)c1. The third-order valence-electron chi connectivity index (χ3n) is 4.05. The second kappa shape index (κ2) is 9.72. The van der Waals surface area contributed by atoms with Crippen molar-refractivity contribution < 1.29 is 27.0 Å². The summed E-state index contributed by atoms with van der Waals surface area (Å²) >= 11 is 0. The van der Waals surface area contributed by atoms with Gasteiger partial charge in [-0.15, -0.1) is 0 Å². The summed E-state index contributed by atoms with van der Waals surface area (Å²) in [5.41, 5.74) is 0.803. The lowest BCUT2D eigenvalue weighted by atomic mass is 10.1. The molecule has 7 nitrogen and oxygen atoms in total. The summed E-state index contributed by atoms with van der Waals surface area (Å²) in [6, 6.07) is 9.01. The molecular formula is C19H25FN2O5S. The molecule has 2 rings (SSSR count). The number of nitrogens with two attached hydrogens (primary N) is 1. The molecule has 0 fully saturated rings. The van der Waals surface area contributed by atoms with E-state index in [1.807, 2.05) is 6.92 Å². The monoisotopic (exact) mass is 412 g/mol. The van der Waals surface area contributed by atoms with Crippen LogP contribution in [0.25, 0.3) is 0 Å². The van der Waals surface area contributed by atoms with Crippen LogP contribution in [0, 0.1) is 5.82 Å². The maximum atomic E-state index is 13.3. The number of methoxy groups -OCH3 is 2. The van der Waals surface area contributed by atoms with Crippen molar-refractivity contribution in [1.82, 2.24) is 5.32 Å². The van der Waals surface area contributed by atoms with Gasteiger partial charge in [0, 0.05) is 18.7 Å². The highest BCUT2D eigenvalue weighted by molar-refractivity contribution is 7.89. The Morgan fingerprint density at radius 1 is 1.07 bits per heavy atom. The molecule has 0 amide bonds. The Morgan fingerprint density at radius 2 is 1.75 bits per heavy atom. The number of halogens is 1. The van der Waals surface area contributed by atoms with E-state index >= 15 is 0 Å². The second-order valence-electron chi connectivity index (χ2n) is 6.23. The zero-order chi connectivity index (χ0) is 20.7. The highest BCUT2D eigenvalue weighted by Gasteiger charge is 2.16. The molecule has 154 valence electrons. The van der Waals surface area contributed by atoms with Crippen molar-refractivity contribution in [3.8, 4) is 17.2 Å². The molecule has 0 bridgehead atoms. The van der Waals surface area contributed by atoms with Crippen LogP contribution in [0.1, 0.15) is 12.5 Å². The maximum absolute atomic E-state index is 13.3. The average Bonchev–Trinajstić information content (AvgIpc) is 2.64. The van der Waals surface area contributed by atoms with Gasteiger partial charge in [0.15, 0.2) is 11.5 Å². The number of sulfonamides is 1. The Hall–Kier alpha value is -2.36. The number of rotatable bonds is 10. The first-order valence-corrected chi connectivity index (χ1v) is 10.2. The average molecular weight is 412 g/mol. The number of primary sulfonamides is 1. The van der Waals surface area contributed by atoms with Crippen molar-refractivity contribution in [1.29, 1.82) is 0 Å². The van der Waals surface area contributed by atoms with Crippen molar-refractivity contribution in [2.75, 3.05) is 27.4 Å². The molecule has 0 aliphatic rings. The second-order valence-corrected chi connectivity index (χ2v) is 7.76. The Morgan fingerprint density at radius 3 is 2.39 bits per heavy atom. The van der Waals surface area contributed by atoms with Gasteiger partial charge in [-0.25, -0.2) is 17.9 Å². The molecule has 0 radical (unpaired) electrons. The summed E-state index contributed by atoms with van der Waals surface area (Å²) < 4.78 is 52.5. The molecule has 0 saturated heterocycles. The number of hydrogen-bond donors (Lipinski definition) is 2. The molecule has 9 heteroatoms. The smallest absolute Gasteiger partial charge is 0.241 e. The quantitative estimate of drug-likeness (QED) is 0.580. The summed E-state index contributed by atoms with van der Waals surface area (Å²) in [5, 5.41) is 8.51. The lowest BCUT2D eigenvalue weighted by Crippen LogP contribution is -2.32. The minimum Gasteiger partial charge on any atom is -0.495 e. The van der Waals surface area contributed by atoms with Crippen LogP contribution < -0.4 is 24.7 Å². The van der Waals surface area contributed by atoms with Gasteiger partial charge in [0.2, 0.25) is 10.0 Å². The van der Waals surface area contributed by atoms with Crippen molar-refractivity contribution in [3.63, 3.8) is 0 Å². The minimum atomic E-state index is -3.87. The molecule has 3 N–H and O–H groups in total. The predicted octanol–water partition coefficient (Wildman–Crippen LogP) is 2.09. The summed E-state index contributed by atoms with van der Waals surface area (Å²) in [6.07, 6.45) is 0.579. The van der Waals surface area contributed by atoms with Crippen LogP contribution >= 0.6 is 0 Å². The zero-order valence-electron chi connectivity index (χ0n) is 16.1. The van der Waals surface area contributed by atoms with E-state index in [0.717, 1.165) is 5.56 Å². The molecule has 0 aliphatic carbocycles. The Labute approximate surface area is 164 Å². The first kappa shape index (κ1) is 21.9. The van der Waals surface area contributed by atoms with E-state index in [1.54, 1.807) is 12.1 Å². The first-order chi connectivity index (χ1) is 13.2. The van der Waals surface area contributed by atoms with Gasteiger partial charge >= 0.3 is 0 Å². The van der Waals surface area contributed by atoms with E-state index < -0.39 is 15.8 Å². The summed E-state index contributed by atoms with van der Waals surface area (Å²) in [6.45, 7) is 2.79. The molecule has 0 spiro atoms. The van der Waals surface area contributed by atoms with Crippen LogP contribution in [-0.4, -0.2) is 41.8 Å². The Balaban J connectivity index is 1.90.